The molecule has 12 atom stereocenters. The maximum Gasteiger partial charge on any atom is 0.220 e. The Bertz CT molecular complexity index is 1230. The lowest BCUT2D eigenvalue weighted by molar-refractivity contribution is -0.359. The van der Waals surface area contributed by atoms with Crippen molar-refractivity contribution in [2.75, 3.05) is 19.8 Å². The molecule has 12 unspecified atom stereocenters. The molecule has 2 fully saturated rings. The van der Waals surface area contributed by atoms with Crippen LogP contribution < -0.4 is 5.32 Å². The molecule has 2 aliphatic heterocycles. The summed E-state index contributed by atoms with van der Waals surface area (Å²) in [5, 5.41) is 86.5. The van der Waals surface area contributed by atoms with E-state index in [2.05, 4.69) is 19.2 Å². The van der Waals surface area contributed by atoms with Gasteiger partial charge >= 0.3 is 0 Å². The first-order valence-corrected chi connectivity index (χ1v) is 28.9. The third-order valence-electron chi connectivity index (χ3n) is 14.5. The second-order valence-corrected chi connectivity index (χ2v) is 20.8. The van der Waals surface area contributed by atoms with Gasteiger partial charge in [-0.1, -0.05) is 231 Å². The molecular formula is C56H107NO13. The molecule has 0 aromatic heterocycles. The highest BCUT2D eigenvalue weighted by Gasteiger charge is 2.51. The van der Waals surface area contributed by atoms with Gasteiger partial charge in [-0.2, -0.15) is 0 Å². The number of unbranched alkanes of at least 4 members (excludes halogenated alkanes) is 33. The second-order valence-electron chi connectivity index (χ2n) is 20.8. The van der Waals surface area contributed by atoms with E-state index in [9.17, 15) is 45.6 Å². The van der Waals surface area contributed by atoms with Gasteiger partial charge in [-0.15, -0.1) is 0 Å². The van der Waals surface area contributed by atoms with E-state index in [0.717, 1.165) is 51.4 Å². The Kier molecular flexibility index (Phi) is 39.9. The molecule has 70 heavy (non-hydrogen) atoms. The predicted molar refractivity (Wildman–Crippen MR) is 277 cm³/mol. The van der Waals surface area contributed by atoms with Gasteiger partial charge in [-0.25, -0.2) is 0 Å². The van der Waals surface area contributed by atoms with Crippen LogP contribution in [0.3, 0.4) is 0 Å². The molecule has 0 aromatic rings. The van der Waals surface area contributed by atoms with E-state index in [-0.39, 0.29) is 18.9 Å². The van der Waals surface area contributed by atoms with E-state index in [1.807, 2.05) is 6.08 Å². The average molecular weight is 1000 g/mol. The van der Waals surface area contributed by atoms with Crippen molar-refractivity contribution in [1.29, 1.82) is 0 Å². The highest BCUT2D eigenvalue weighted by atomic mass is 16.7. The van der Waals surface area contributed by atoms with E-state index < -0.39 is 86.8 Å². The number of allylic oxidation sites excluding steroid dienone is 1. The summed E-state index contributed by atoms with van der Waals surface area (Å²) in [5.74, 6) is -0.239. The quantitative estimate of drug-likeness (QED) is 0.0205. The summed E-state index contributed by atoms with van der Waals surface area (Å²) in [6.07, 6.45) is 31.7. The molecule has 2 heterocycles. The number of rotatable bonds is 46. The summed E-state index contributed by atoms with van der Waals surface area (Å²) in [5.41, 5.74) is 0. The van der Waals surface area contributed by atoms with E-state index in [0.29, 0.717) is 6.42 Å². The Morgan fingerprint density at radius 3 is 1.31 bits per heavy atom. The number of carbonyl (C=O) groups excluding carboxylic acids is 1. The fraction of sp³-hybridized carbons (Fsp3) is 0.946. The van der Waals surface area contributed by atoms with E-state index in [1.165, 1.54) is 167 Å². The van der Waals surface area contributed by atoms with E-state index >= 15 is 0 Å². The number of ether oxygens (including phenoxy) is 4. The van der Waals surface area contributed by atoms with Crippen LogP contribution in [0.15, 0.2) is 12.2 Å². The average Bonchev–Trinajstić information content (AvgIpc) is 3.36. The molecular weight excluding hydrogens is 895 g/mol. The van der Waals surface area contributed by atoms with Gasteiger partial charge in [-0.05, 0) is 19.3 Å². The Hall–Kier alpha value is -1.27. The van der Waals surface area contributed by atoms with Gasteiger partial charge < -0.3 is 65.1 Å². The number of nitrogens with one attached hydrogen (secondary N) is 1. The summed E-state index contributed by atoms with van der Waals surface area (Å²) in [7, 11) is 0. The number of hydrogen-bond donors (Lipinski definition) is 9. The lowest BCUT2D eigenvalue weighted by Gasteiger charge is -2.46. The maximum atomic E-state index is 13.1. The SMILES string of the molecule is CCCCCCC/C=C/C(O)C(COC1OC(CO)C(OC2OC(CO)C(O)C(O)C2O)C(O)C1O)NC(=O)CCCCCCCCCCCCCCCCCCCCCCCCCCCCCCC. The molecule has 0 radical (unpaired) electrons. The smallest absolute Gasteiger partial charge is 0.220 e. The third-order valence-corrected chi connectivity index (χ3v) is 14.5. The zero-order chi connectivity index (χ0) is 51.0. The van der Waals surface area contributed by atoms with Crippen LogP contribution in [0.5, 0.6) is 0 Å². The van der Waals surface area contributed by atoms with Crippen molar-refractivity contribution in [1.82, 2.24) is 5.32 Å². The minimum absolute atomic E-state index is 0.239. The molecule has 0 aliphatic carbocycles. The Labute approximate surface area is 425 Å². The third kappa shape index (κ3) is 29.0. The molecule has 0 bridgehead atoms. The van der Waals surface area contributed by atoms with Crippen molar-refractivity contribution in [3.63, 3.8) is 0 Å². The monoisotopic (exact) mass is 1000 g/mol. The van der Waals surface area contributed by atoms with Gasteiger partial charge in [0.1, 0.15) is 48.8 Å². The number of amides is 1. The summed E-state index contributed by atoms with van der Waals surface area (Å²) in [6, 6.07) is -0.906. The molecule has 14 heteroatoms. The van der Waals surface area contributed by atoms with Crippen LogP contribution in [0, 0.1) is 0 Å². The fourth-order valence-corrected chi connectivity index (χ4v) is 9.76. The van der Waals surface area contributed by atoms with Crippen LogP contribution in [0.4, 0.5) is 0 Å². The Balaban J connectivity index is 1.60. The number of carbonyl (C=O) groups is 1. The first kappa shape index (κ1) is 64.8. The molecule has 2 saturated heterocycles. The van der Waals surface area contributed by atoms with E-state index in [4.69, 9.17) is 18.9 Å². The molecule has 0 saturated carbocycles. The predicted octanol–water partition coefficient (Wildman–Crippen LogP) is 9.11. The zero-order valence-corrected chi connectivity index (χ0v) is 44.3. The molecule has 2 aliphatic rings. The Morgan fingerprint density at radius 1 is 0.500 bits per heavy atom. The first-order valence-electron chi connectivity index (χ1n) is 28.9. The molecule has 14 nitrogen and oxygen atoms in total. The highest BCUT2D eigenvalue weighted by molar-refractivity contribution is 5.76. The van der Waals surface area contributed by atoms with Crippen molar-refractivity contribution < 1.29 is 64.6 Å². The molecule has 2 rings (SSSR count). The van der Waals surface area contributed by atoms with Gasteiger partial charge in [0.25, 0.3) is 0 Å². The normalized spacial score (nSPS) is 26.0. The lowest BCUT2D eigenvalue weighted by Crippen LogP contribution is -2.65. The highest BCUT2D eigenvalue weighted by Crippen LogP contribution is 2.30. The zero-order valence-electron chi connectivity index (χ0n) is 44.3. The largest absolute Gasteiger partial charge is 0.394 e. The summed E-state index contributed by atoms with van der Waals surface area (Å²) in [4.78, 5) is 13.1. The van der Waals surface area contributed by atoms with Gasteiger partial charge in [0, 0.05) is 6.42 Å². The Morgan fingerprint density at radius 2 is 0.886 bits per heavy atom. The van der Waals surface area contributed by atoms with Crippen LogP contribution in [-0.2, 0) is 23.7 Å². The van der Waals surface area contributed by atoms with E-state index in [1.54, 1.807) is 6.08 Å². The minimum atomic E-state index is -1.78. The van der Waals surface area contributed by atoms with Crippen LogP contribution in [-0.4, -0.2) is 140 Å². The van der Waals surface area contributed by atoms with Gasteiger partial charge in [-0.3, -0.25) is 4.79 Å². The van der Waals surface area contributed by atoms with Gasteiger partial charge in [0.05, 0.1) is 32.0 Å². The molecule has 1 amide bonds. The summed E-state index contributed by atoms with van der Waals surface area (Å²) < 4.78 is 22.6. The lowest BCUT2D eigenvalue weighted by atomic mass is 9.97. The standard InChI is InChI=1S/C56H107NO13/c1-3-5-7-9-11-12-13-14-15-16-17-18-19-20-21-22-23-24-25-26-27-28-29-30-31-32-34-36-38-40-48(61)57-44(45(60)39-37-35-33-10-8-6-4-2)43-67-55-53(66)51(64)54(47(42-59)69-55)70-56-52(65)50(63)49(62)46(41-58)68-56/h37,39,44-47,49-56,58-60,62-66H,3-36,38,40-43H2,1-2H3,(H,57,61)/b39-37+. The van der Waals surface area contributed by atoms with Crippen LogP contribution in [0.25, 0.3) is 0 Å². The molecule has 414 valence electrons. The van der Waals surface area contributed by atoms with Crippen molar-refractivity contribution in [2.24, 2.45) is 0 Å². The number of hydrogen-bond acceptors (Lipinski definition) is 13. The summed E-state index contributed by atoms with van der Waals surface area (Å²) >= 11 is 0. The second kappa shape index (κ2) is 43.0. The maximum absolute atomic E-state index is 13.1. The van der Waals surface area contributed by atoms with Gasteiger partial charge in [0.15, 0.2) is 12.6 Å². The molecule has 9 N–H and O–H groups in total. The van der Waals surface area contributed by atoms with Crippen molar-refractivity contribution in [2.45, 2.75) is 319 Å². The fourth-order valence-electron chi connectivity index (χ4n) is 9.76. The van der Waals surface area contributed by atoms with Crippen LogP contribution in [0.2, 0.25) is 0 Å². The van der Waals surface area contributed by atoms with Crippen molar-refractivity contribution >= 4 is 5.91 Å². The van der Waals surface area contributed by atoms with Crippen LogP contribution >= 0.6 is 0 Å². The van der Waals surface area contributed by atoms with Crippen molar-refractivity contribution in [3.8, 4) is 0 Å². The topological polar surface area (TPSA) is 228 Å². The van der Waals surface area contributed by atoms with Gasteiger partial charge in [0.2, 0.25) is 5.91 Å². The summed E-state index contributed by atoms with van der Waals surface area (Å²) in [6.45, 7) is 2.74. The molecule has 0 aromatic carbocycles. The first-order chi connectivity index (χ1) is 34.1. The molecule has 0 spiro atoms. The minimum Gasteiger partial charge on any atom is -0.394 e. The van der Waals surface area contributed by atoms with Crippen LogP contribution in [0.1, 0.15) is 245 Å². The number of aliphatic hydroxyl groups excluding tert-OH is 8. The number of aliphatic hydroxyl groups is 8. The van der Waals surface area contributed by atoms with Crippen molar-refractivity contribution in [3.05, 3.63) is 12.2 Å².